The number of carbonyl (C=O) groups is 1. The number of hydrogen-bond donors (Lipinski definition) is 2. The molecule has 132 valence electrons. The molecule has 4 nitrogen and oxygen atoms in total. The molecule has 0 saturated heterocycles. The molecule has 0 fully saturated rings. The molecule has 2 aromatic rings. The van der Waals surface area contributed by atoms with Crippen molar-refractivity contribution in [3.8, 4) is 0 Å². The van der Waals surface area contributed by atoms with Crippen molar-refractivity contribution >= 4 is 22.6 Å². The first-order valence-corrected chi connectivity index (χ1v) is 9.09. The van der Waals surface area contributed by atoms with Crippen LogP contribution in [0.5, 0.6) is 0 Å². The van der Waals surface area contributed by atoms with E-state index in [9.17, 15) is 4.79 Å². The normalized spacial score (nSPS) is 16.2. The standard InChI is InChI=1S/C21H28N3O/c1-4-24(22,15(2)3)12-11-23-14-18-13-17-9-5-7-16-8-6-10-19(20(16)17)21(18)25/h5-10,13,15,23H,4,11-12,14,22H2,1-3H3/q+1. The van der Waals surface area contributed by atoms with E-state index >= 15 is 0 Å². The lowest BCUT2D eigenvalue weighted by Gasteiger charge is -2.35. The van der Waals surface area contributed by atoms with Gasteiger partial charge in [0.05, 0.1) is 6.54 Å². The molecule has 25 heavy (non-hydrogen) atoms. The van der Waals surface area contributed by atoms with Gasteiger partial charge < -0.3 is 5.32 Å². The molecule has 2 aromatic carbocycles. The summed E-state index contributed by atoms with van der Waals surface area (Å²) in [6.45, 7) is 9.52. The van der Waals surface area contributed by atoms with Gasteiger partial charge in [-0.2, -0.15) is 5.84 Å². The zero-order valence-corrected chi connectivity index (χ0v) is 15.4. The summed E-state index contributed by atoms with van der Waals surface area (Å²) >= 11 is 0. The lowest BCUT2D eigenvalue weighted by molar-refractivity contribution is -0.956. The number of likely N-dealkylation sites (N-methyl/N-ethyl adjacent to an activating group) is 1. The lowest BCUT2D eigenvalue weighted by Crippen LogP contribution is -2.61. The van der Waals surface area contributed by atoms with Crippen LogP contribution in [0.1, 0.15) is 36.7 Å². The lowest BCUT2D eigenvalue weighted by atomic mass is 9.88. The molecule has 1 atom stereocenters. The molecule has 0 aromatic heterocycles. The van der Waals surface area contributed by atoms with Gasteiger partial charge in [0.2, 0.25) is 0 Å². The van der Waals surface area contributed by atoms with Crippen molar-refractivity contribution in [2.45, 2.75) is 26.8 Å². The molecule has 0 heterocycles. The Kier molecular flexibility index (Phi) is 5.04. The zero-order chi connectivity index (χ0) is 18.0. The molecule has 0 radical (unpaired) electrons. The number of Topliss-reactive ketones (excluding diaryl/α,β-unsaturated/α-hetero) is 1. The summed E-state index contributed by atoms with van der Waals surface area (Å²) in [5, 5.41) is 5.60. The largest absolute Gasteiger partial charge is 0.307 e. The average Bonchev–Trinajstić information content (AvgIpc) is 2.62. The molecule has 3 rings (SSSR count). The predicted molar refractivity (Wildman–Crippen MR) is 104 cm³/mol. The van der Waals surface area contributed by atoms with Crippen LogP contribution in [-0.2, 0) is 0 Å². The van der Waals surface area contributed by atoms with Crippen LogP contribution in [0.4, 0.5) is 0 Å². The highest BCUT2D eigenvalue weighted by Gasteiger charge is 2.25. The number of benzene rings is 2. The first-order valence-electron chi connectivity index (χ1n) is 9.09. The molecule has 3 N–H and O–H groups in total. The molecule has 0 bridgehead atoms. The van der Waals surface area contributed by atoms with Gasteiger partial charge in [-0.3, -0.25) is 4.79 Å². The number of nitrogens with two attached hydrogens (primary N) is 1. The third-order valence-electron chi connectivity index (χ3n) is 5.44. The van der Waals surface area contributed by atoms with Gasteiger partial charge in [-0.05, 0) is 37.8 Å². The molecule has 0 spiro atoms. The van der Waals surface area contributed by atoms with E-state index in [1.807, 2.05) is 24.3 Å². The summed E-state index contributed by atoms with van der Waals surface area (Å²) in [6, 6.07) is 12.5. The van der Waals surface area contributed by atoms with Crippen molar-refractivity contribution in [2.75, 3.05) is 26.2 Å². The van der Waals surface area contributed by atoms with Gasteiger partial charge in [-0.1, -0.05) is 36.4 Å². The Morgan fingerprint density at radius 2 is 1.88 bits per heavy atom. The van der Waals surface area contributed by atoms with E-state index in [-0.39, 0.29) is 5.78 Å². The van der Waals surface area contributed by atoms with Crippen LogP contribution in [0.15, 0.2) is 42.0 Å². The molecule has 1 aliphatic carbocycles. The van der Waals surface area contributed by atoms with Crippen LogP contribution in [-0.4, -0.2) is 42.6 Å². The fraction of sp³-hybridized carbons (Fsp3) is 0.381. The minimum absolute atomic E-state index is 0.129. The Balaban J connectivity index is 1.71. The van der Waals surface area contributed by atoms with Crippen molar-refractivity contribution in [3.05, 3.63) is 53.1 Å². The summed E-state index contributed by atoms with van der Waals surface area (Å²) in [5.41, 5.74) is 2.76. The number of nitrogens with one attached hydrogen (secondary N) is 1. The number of quaternary nitrogens is 1. The highest BCUT2D eigenvalue weighted by atomic mass is 16.1. The van der Waals surface area contributed by atoms with Gasteiger partial charge in [-0.15, -0.1) is 0 Å². The van der Waals surface area contributed by atoms with Crippen LogP contribution in [0.2, 0.25) is 0 Å². The summed E-state index contributed by atoms with van der Waals surface area (Å²) in [6.07, 6.45) is 2.03. The molecule has 1 unspecified atom stereocenters. The van der Waals surface area contributed by atoms with Gasteiger partial charge >= 0.3 is 0 Å². The summed E-state index contributed by atoms with van der Waals surface area (Å²) in [7, 11) is 0. The maximum absolute atomic E-state index is 12.8. The Hall–Kier alpha value is -2.01. The topological polar surface area (TPSA) is 55.1 Å². The summed E-state index contributed by atoms with van der Waals surface area (Å²) in [5.74, 6) is 6.55. The molecular formula is C21H28N3O+. The van der Waals surface area contributed by atoms with Crippen molar-refractivity contribution in [1.82, 2.24) is 5.32 Å². The molecule has 0 saturated carbocycles. The van der Waals surface area contributed by atoms with E-state index in [1.165, 1.54) is 0 Å². The van der Waals surface area contributed by atoms with Gasteiger partial charge in [0.25, 0.3) is 0 Å². The average molecular weight is 338 g/mol. The van der Waals surface area contributed by atoms with E-state index in [1.54, 1.807) is 0 Å². The first-order chi connectivity index (χ1) is 12.0. The smallest absolute Gasteiger partial charge is 0.190 e. The first kappa shape index (κ1) is 17.8. The zero-order valence-electron chi connectivity index (χ0n) is 15.4. The summed E-state index contributed by atoms with van der Waals surface area (Å²) in [4.78, 5) is 12.8. The molecule has 1 aliphatic rings. The van der Waals surface area contributed by atoms with E-state index in [4.69, 9.17) is 5.84 Å². The predicted octanol–water partition coefficient (Wildman–Crippen LogP) is 3.13. The molecular weight excluding hydrogens is 310 g/mol. The van der Waals surface area contributed by atoms with Gasteiger partial charge in [-0.25, -0.2) is 4.59 Å². The van der Waals surface area contributed by atoms with Crippen LogP contribution < -0.4 is 11.2 Å². The van der Waals surface area contributed by atoms with Gasteiger partial charge in [0, 0.05) is 29.6 Å². The highest BCUT2D eigenvalue weighted by Crippen LogP contribution is 2.30. The van der Waals surface area contributed by atoms with Crippen LogP contribution in [0, 0.1) is 0 Å². The second-order valence-corrected chi connectivity index (χ2v) is 7.16. The van der Waals surface area contributed by atoms with Crippen molar-refractivity contribution < 1.29 is 9.39 Å². The van der Waals surface area contributed by atoms with E-state index in [2.05, 4.69) is 44.3 Å². The second-order valence-electron chi connectivity index (χ2n) is 7.16. The third kappa shape index (κ3) is 3.38. The van der Waals surface area contributed by atoms with Gasteiger partial charge in [0.15, 0.2) is 5.78 Å². The fourth-order valence-electron chi connectivity index (χ4n) is 3.53. The van der Waals surface area contributed by atoms with Crippen LogP contribution in [0.3, 0.4) is 0 Å². The Morgan fingerprint density at radius 1 is 1.16 bits per heavy atom. The van der Waals surface area contributed by atoms with E-state index in [0.717, 1.165) is 47.1 Å². The quantitative estimate of drug-likeness (QED) is 0.353. The molecule has 0 aliphatic heterocycles. The van der Waals surface area contributed by atoms with Crippen LogP contribution >= 0.6 is 0 Å². The maximum atomic E-state index is 12.8. The van der Waals surface area contributed by atoms with Crippen LogP contribution in [0.25, 0.3) is 16.8 Å². The third-order valence-corrected chi connectivity index (χ3v) is 5.44. The molecule has 4 heteroatoms. The number of ketones is 1. The van der Waals surface area contributed by atoms with E-state index in [0.29, 0.717) is 17.2 Å². The highest BCUT2D eigenvalue weighted by molar-refractivity contribution is 6.22. The van der Waals surface area contributed by atoms with Crippen molar-refractivity contribution in [3.63, 3.8) is 0 Å². The Morgan fingerprint density at radius 3 is 2.56 bits per heavy atom. The monoisotopic (exact) mass is 338 g/mol. The number of rotatable bonds is 7. The Labute approximate surface area is 149 Å². The number of hydrogen-bond acceptors (Lipinski definition) is 3. The minimum Gasteiger partial charge on any atom is -0.307 e. The van der Waals surface area contributed by atoms with Gasteiger partial charge in [0.1, 0.15) is 12.6 Å². The fourth-order valence-corrected chi connectivity index (χ4v) is 3.53. The summed E-state index contributed by atoms with van der Waals surface area (Å²) < 4.78 is 0.544. The van der Waals surface area contributed by atoms with E-state index < -0.39 is 0 Å². The number of nitrogens with zero attached hydrogens (tertiary/aromatic N) is 1. The maximum Gasteiger partial charge on any atom is 0.190 e. The number of carbonyl (C=O) groups excluding carboxylic acids is 1. The second kappa shape index (κ2) is 7.08. The van der Waals surface area contributed by atoms with Crippen molar-refractivity contribution in [1.29, 1.82) is 0 Å². The minimum atomic E-state index is 0.129. The SMILES string of the molecule is CC[N+](N)(CCNCC1=Cc2cccc3cccc(c23)C1=O)C(C)C. The molecule has 0 amide bonds. The Bertz CT molecular complexity index is 820. The van der Waals surface area contributed by atoms with Crippen molar-refractivity contribution in [2.24, 2.45) is 5.84 Å².